The Balaban J connectivity index is 2.60. The van der Waals surface area contributed by atoms with Crippen LogP contribution in [0.5, 0.6) is 0 Å². The minimum absolute atomic E-state index is 0.0771. The Morgan fingerprint density at radius 1 is 1.44 bits per heavy atom. The number of benzene rings is 1. The Morgan fingerprint density at radius 3 is 2.69 bits per heavy atom. The number of aliphatic carboxylic acids is 1. The van der Waals surface area contributed by atoms with Gasteiger partial charge >= 0.3 is 5.97 Å². The topological polar surface area (TPSA) is 58.6 Å². The summed E-state index contributed by atoms with van der Waals surface area (Å²) in [5, 5.41) is 12.0. The van der Waals surface area contributed by atoms with E-state index in [1.54, 1.807) is 7.11 Å². The molecule has 0 fully saturated rings. The largest absolute Gasteiger partial charge is 0.481 e. The highest BCUT2D eigenvalue weighted by atomic mass is 16.5. The molecule has 0 aromatic heterocycles. The van der Waals surface area contributed by atoms with Gasteiger partial charge in [0.1, 0.15) is 0 Å². The van der Waals surface area contributed by atoms with Crippen LogP contribution in [0, 0.1) is 0 Å². The van der Waals surface area contributed by atoms with Crippen LogP contribution in [0.2, 0.25) is 0 Å². The molecule has 1 unspecified atom stereocenters. The zero-order valence-corrected chi connectivity index (χ0v) is 9.35. The lowest BCUT2D eigenvalue weighted by molar-refractivity contribution is -0.137. The highest BCUT2D eigenvalue weighted by Crippen LogP contribution is 2.15. The summed E-state index contributed by atoms with van der Waals surface area (Å²) >= 11 is 0. The molecular weight excluding hydrogens is 206 g/mol. The first kappa shape index (κ1) is 12.7. The Hall–Kier alpha value is -1.39. The van der Waals surface area contributed by atoms with Gasteiger partial charge in [-0.1, -0.05) is 30.3 Å². The van der Waals surface area contributed by atoms with Crippen LogP contribution in [0.15, 0.2) is 30.3 Å². The van der Waals surface area contributed by atoms with E-state index in [1.807, 2.05) is 30.3 Å². The molecule has 1 atom stereocenters. The molecule has 0 radical (unpaired) electrons. The molecule has 0 aliphatic rings. The molecule has 0 bridgehead atoms. The lowest BCUT2D eigenvalue weighted by Gasteiger charge is -2.16. The van der Waals surface area contributed by atoms with Gasteiger partial charge in [0.2, 0.25) is 0 Å². The fourth-order valence-corrected chi connectivity index (χ4v) is 1.50. The van der Waals surface area contributed by atoms with Gasteiger partial charge in [0.05, 0.1) is 13.0 Å². The number of carboxylic acids is 1. The normalized spacial score (nSPS) is 12.3. The number of nitrogens with one attached hydrogen (secondary N) is 1. The summed E-state index contributed by atoms with van der Waals surface area (Å²) in [6.07, 6.45) is 0.0771. The summed E-state index contributed by atoms with van der Waals surface area (Å²) in [6, 6.07) is 9.41. The predicted octanol–water partition coefficient (Wildman–Crippen LogP) is 1.44. The van der Waals surface area contributed by atoms with Crippen molar-refractivity contribution in [1.29, 1.82) is 0 Å². The first-order valence-corrected chi connectivity index (χ1v) is 5.23. The van der Waals surface area contributed by atoms with E-state index < -0.39 is 5.97 Å². The number of carbonyl (C=O) groups is 1. The molecule has 1 rings (SSSR count). The molecule has 4 heteroatoms. The molecule has 0 heterocycles. The molecule has 2 N–H and O–H groups in total. The van der Waals surface area contributed by atoms with E-state index in [0.29, 0.717) is 13.2 Å². The minimum Gasteiger partial charge on any atom is -0.481 e. The van der Waals surface area contributed by atoms with E-state index in [4.69, 9.17) is 9.84 Å². The fraction of sp³-hybridized carbons (Fsp3) is 0.417. The highest BCUT2D eigenvalue weighted by Gasteiger charge is 2.13. The van der Waals surface area contributed by atoms with Crippen molar-refractivity contribution in [2.24, 2.45) is 0 Å². The molecule has 0 saturated carbocycles. The zero-order chi connectivity index (χ0) is 11.8. The highest BCUT2D eigenvalue weighted by molar-refractivity contribution is 5.67. The molecule has 1 aromatic carbocycles. The number of rotatable bonds is 7. The van der Waals surface area contributed by atoms with Crippen LogP contribution in [0.25, 0.3) is 0 Å². The maximum Gasteiger partial charge on any atom is 0.305 e. The molecule has 0 aliphatic carbocycles. The summed E-state index contributed by atoms with van der Waals surface area (Å²) < 4.78 is 4.92. The van der Waals surface area contributed by atoms with Gasteiger partial charge in [0, 0.05) is 19.7 Å². The van der Waals surface area contributed by atoms with E-state index in [2.05, 4.69) is 5.32 Å². The van der Waals surface area contributed by atoms with Crippen molar-refractivity contribution in [1.82, 2.24) is 5.32 Å². The first-order valence-electron chi connectivity index (χ1n) is 5.23. The Kier molecular flexibility index (Phi) is 5.53. The molecule has 0 spiro atoms. The van der Waals surface area contributed by atoms with E-state index >= 15 is 0 Å². The Morgan fingerprint density at radius 2 is 2.12 bits per heavy atom. The molecule has 0 amide bonds. The summed E-state index contributed by atoms with van der Waals surface area (Å²) in [5.74, 6) is -0.807. The number of carboxylic acid groups (broad SMARTS) is 1. The third-order valence-electron chi connectivity index (χ3n) is 2.28. The summed E-state index contributed by atoms with van der Waals surface area (Å²) in [4.78, 5) is 10.7. The van der Waals surface area contributed by atoms with Crippen molar-refractivity contribution in [2.75, 3.05) is 20.3 Å². The lowest BCUT2D eigenvalue weighted by atomic mass is 10.0. The number of hydrogen-bond acceptors (Lipinski definition) is 3. The van der Waals surface area contributed by atoms with Gasteiger partial charge in [-0.05, 0) is 5.56 Å². The molecule has 1 aromatic rings. The van der Waals surface area contributed by atoms with Crippen LogP contribution < -0.4 is 5.32 Å². The summed E-state index contributed by atoms with van der Waals surface area (Å²) in [5.41, 5.74) is 0.987. The second-order valence-electron chi connectivity index (χ2n) is 3.51. The quantitative estimate of drug-likeness (QED) is 0.687. The van der Waals surface area contributed by atoms with E-state index in [-0.39, 0.29) is 12.5 Å². The van der Waals surface area contributed by atoms with Gasteiger partial charge < -0.3 is 15.2 Å². The lowest BCUT2D eigenvalue weighted by Crippen LogP contribution is -2.27. The van der Waals surface area contributed by atoms with Crippen LogP contribution in [-0.4, -0.2) is 31.3 Å². The van der Waals surface area contributed by atoms with E-state index in [9.17, 15) is 4.79 Å². The van der Waals surface area contributed by atoms with Crippen LogP contribution >= 0.6 is 0 Å². The monoisotopic (exact) mass is 223 g/mol. The number of methoxy groups -OCH3 is 1. The maximum absolute atomic E-state index is 10.7. The standard InChI is InChI=1S/C12H17NO3/c1-16-8-7-13-11(9-12(14)15)10-5-3-2-4-6-10/h2-6,11,13H,7-9H2,1H3,(H,14,15). The van der Waals surface area contributed by atoms with Gasteiger partial charge in [-0.3, -0.25) is 4.79 Å². The molecule has 0 aliphatic heterocycles. The van der Waals surface area contributed by atoms with Gasteiger partial charge in [0.15, 0.2) is 0 Å². The van der Waals surface area contributed by atoms with Crippen LogP contribution in [0.1, 0.15) is 18.0 Å². The second kappa shape index (κ2) is 6.98. The molecule has 16 heavy (non-hydrogen) atoms. The third kappa shape index (κ3) is 4.42. The first-order chi connectivity index (χ1) is 7.74. The minimum atomic E-state index is -0.807. The molecule has 0 saturated heterocycles. The zero-order valence-electron chi connectivity index (χ0n) is 9.35. The molecule has 4 nitrogen and oxygen atoms in total. The average Bonchev–Trinajstić information content (AvgIpc) is 2.29. The third-order valence-corrected chi connectivity index (χ3v) is 2.28. The van der Waals surface area contributed by atoms with Gasteiger partial charge in [-0.15, -0.1) is 0 Å². The van der Waals surface area contributed by atoms with Crippen molar-refractivity contribution in [2.45, 2.75) is 12.5 Å². The van der Waals surface area contributed by atoms with E-state index in [1.165, 1.54) is 0 Å². The summed E-state index contributed by atoms with van der Waals surface area (Å²) in [7, 11) is 1.62. The maximum atomic E-state index is 10.7. The van der Waals surface area contributed by atoms with Crippen molar-refractivity contribution >= 4 is 5.97 Å². The van der Waals surface area contributed by atoms with Crippen molar-refractivity contribution in [3.05, 3.63) is 35.9 Å². The van der Waals surface area contributed by atoms with E-state index in [0.717, 1.165) is 5.56 Å². The Bertz CT molecular complexity index is 313. The van der Waals surface area contributed by atoms with Crippen LogP contribution in [0.3, 0.4) is 0 Å². The second-order valence-corrected chi connectivity index (χ2v) is 3.51. The average molecular weight is 223 g/mol. The predicted molar refractivity (Wildman–Crippen MR) is 61.3 cm³/mol. The van der Waals surface area contributed by atoms with Gasteiger partial charge in [-0.2, -0.15) is 0 Å². The number of ether oxygens (including phenoxy) is 1. The van der Waals surface area contributed by atoms with Crippen molar-refractivity contribution < 1.29 is 14.6 Å². The smallest absolute Gasteiger partial charge is 0.305 e. The number of hydrogen-bond donors (Lipinski definition) is 2. The Labute approximate surface area is 95.2 Å². The summed E-state index contributed by atoms with van der Waals surface area (Å²) in [6.45, 7) is 1.21. The van der Waals surface area contributed by atoms with Crippen molar-refractivity contribution in [3.63, 3.8) is 0 Å². The van der Waals surface area contributed by atoms with Crippen molar-refractivity contribution in [3.8, 4) is 0 Å². The molecule has 88 valence electrons. The fourth-order valence-electron chi connectivity index (χ4n) is 1.50. The van der Waals surface area contributed by atoms with Gasteiger partial charge in [-0.25, -0.2) is 0 Å². The van der Waals surface area contributed by atoms with Crippen LogP contribution in [0.4, 0.5) is 0 Å². The molecular formula is C12H17NO3. The SMILES string of the molecule is COCCNC(CC(=O)O)c1ccccc1. The van der Waals surface area contributed by atoms with Gasteiger partial charge in [0.25, 0.3) is 0 Å². The van der Waals surface area contributed by atoms with Crippen LogP contribution in [-0.2, 0) is 9.53 Å².